The Hall–Kier alpha value is -1.36. The highest BCUT2D eigenvalue weighted by molar-refractivity contribution is 6.41. The topological polar surface area (TPSA) is 43.1 Å². The lowest BCUT2D eigenvalue weighted by molar-refractivity contribution is 0.932. The summed E-state index contributed by atoms with van der Waals surface area (Å²) >= 11 is 18.8. The first-order chi connectivity index (χ1) is 9.09. The summed E-state index contributed by atoms with van der Waals surface area (Å²) in [6.07, 6.45) is 1.39. The number of fused-ring (bicyclic) bond motifs is 1. The summed E-state index contributed by atoms with van der Waals surface area (Å²) < 4.78 is 1.45. The second-order valence-corrected chi connectivity index (χ2v) is 5.10. The number of benzene rings is 1. The third kappa shape index (κ3) is 1.96. The molecule has 3 aromatic rings. The van der Waals surface area contributed by atoms with Crippen LogP contribution in [0.15, 0.2) is 24.5 Å². The van der Waals surface area contributed by atoms with E-state index < -0.39 is 0 Å². The van der Waals surface area contributed by atoms with Crippen molar-refractivity contribution < 1.29 is 0 Å². The summed E-state index contributed by atoms with van der Waals surface area (Å²) in [5.74, 6) is 0.439. The van der Waals surface area contributed by atoms with Crippen molar-refractivity contribution in [2.45, 2.75) is 6.92 Å². The predicted octanol–water partition coefficient (Wildman–Crippen LogP) is 4.06. The maximum atomic E-state index is 6.37. The maximum absolute atomic E-state index is 6.37. The molecule has 0 saturated heterocycles. The molecule has 3 rings (SSSR count). The third-order valence-electron chi connectivity index (χ3n) is 2.76. The van der Waals surface area contributed by atoms with Gasteiger partial charge in [0.25, 0.3) is 5.78 Å². The van der Waals surface area contributed by atoms with Crippen LogP contribution in [0.4, 0.5) is 0 Å². The van der Waals surface area contributed by atoms with Gasteiger partial charge >= 0.3 is 0 Å². The first kappa shape index (κ1) is 12.7. The first-order valence-electron chi connectivity index (χ1n) is 5.40. The molecule has 0 aliphatic carbocycles. The van der Waals surface area contributed by atoms with Crippen LogP contribution in [-0.2, 0) is 0 Å². The Kier molecular flexibility index (Phi) is 3.09. The quantitative estimate of drug-likeness (QED) is 0.636. The van der Waals surface area contributed by atoms with E-state index in [-0.39, 0.29) is 0 Å². The van der Waals surface area contributed by atoms with Crippen LogP contribution in [-0.4, -0.2) is 19.6 Å². The van der Waals surface area contributed by atoms with Crippen molar-refractivity contribution in [3.8, 4) is 11.1 Å². The fourth-order valence-corrected chi connectivity index (χ4v) is 2.87. The molecule has 0 saturated carbocycles. The SMILES string of the molecule is Cc1nc2ncnn2c(Cl)c1-c1c(Cl)cccc1Cl. The molecule has 0 aliphatic rings. The highest BCUT2D eigenvalue weighted by Gasteiger charge is 2.18. The number of aryl methyl sites for hydroxylation is 1. The van der Waals surface area contributed by atoms with Crippen molar-refractivity contribution in [1.29, 1.82) is 0 Å². The average Bonchev–Trinajstić information content (AvgIpc) is 2.81. The van der Waals surface area contributed by atoms with Crippen LogP contribution in [0, 0.1) is 6.92 Å². The molecule has 96 valence electrons. The Labute approximate surface area is 124 Å². The number of rotatable bonds is 1. The zero-order chi connectivity index (χ0) is 13.6. The lowest BCUT2D eigenvalue weighted by Gasteiger charge is -2.12. The van der Waals surface area contributed by atoms with Crippen LogP contribution in [0.1, 0.15) is 5.69 Å². The second kappa shape index (κ2) is 4.63. The Morgan fingerprint density at radius 3 is 2.42 bits per heavy atom. The van der Waals surface area contributed by atoms with Crippen LogP contribution in [0.25, 0.3) is 16.9 Å². The van der Waals surface area contributed by atoms with Gasteiger partial charge < -0.3 is 0 Å². The number of aromatic nitrogens is 4. The van der Waals surface area contributed by atoms with E-state index in [1.54, 1.807) is 18.2 Å². The van der Waals surface area contributed by atoms with Gasteiger partial charge in [0.05, 0.1) is 15.7 Å². The fourth-order valence-electron chi connectivity index (χ4n) is 1.93. The summed E-state index contributed by atoms with van der Waals surface area (Å²) in [4.78, 5) is 8.35. The third-order valence-corrected chi connectivity index (χ3v) is 3.74. The molecule has 0 radical (unpaired) electrons. The van der Waals surface area contributed by atoms with Gasteiger partial charge in [0, 0.05) is 11.1 Å². The Bertz CT molecular complexity index is 762. The standard InChI is InChI=1S/C12H7Cl3N4/c1-6-9(10-7(13)3-2-4-8(10)14)11(15)19-12(18-6)16-5-17-19/h2-5H,1H3. The summed E-state index contributed by atoms with van der Waals surface area (Å²) in [6.45, 7) is 1.83. The van der Waals surface area contributed by atoms with Gasteiger partial charge in [0.1, 0.15) is 11.5 Å². The van der Waals surface area contributed by atoms with Crippen LogP contribution < -0.4 is 0 Å². The molecule has 0 N–H and O–H groups in total. The fraction of sp³-hybridized carbons (Fsp3) is 0.0833. The second-order valence-electron chi connectivity index (χ2n) is 3.93. The molecule has 4 nitrogen and oxygen atoms in total. The highest BCUT2D eigenvalue weighted by atomic mass is 35.5. The van der Waals surface area contributed by atoms with Crippen molar-refractivity contribution in [3.63, 3.8) is 0 Å². The van der Waals surface area contributed by atoms with Crippen molar-refractivity contribution in [2.24, 2.45) is 0 Å². The van der Waals surface area contributed by atoms with Gasteiger partial charge in [-0.15, -0.1) is 0 Å². The average molecular weight is 314 g/mol. The smallest absolute Gasteiger partial charge is 0.216 e. The van der Waals surface area contributed by atoms with Crippen LogP contribution >= 0.6 is 34.8 Å². The molecular formula is C12H7Cl3N4. The van der Waals surface area contributed by atoms with Gasteiger partial charge in [-0.2, -0.15) is 14.6 Å². The number of nitrogens with zero attached hydrogens (tertiary/aromatic N) is 4. The summed E-state index contributed by atoms with van der Waals surface area (Å²) in [7, 11) is 0. The van der Waals surface area contributed by atoms with Crippen molar-refractivity contribution in [2.75, 3.05) is 0 Å². The molecule has 0 aliphatic heterocycles. The molecule has 19 heavy (non-hydrogen) atoms. The Balaban J connectivity index is 2.42. The minimum atomic E-state index is 0.384. The lowest BCUT2D eigenvalue weighted by atomic mass is 10.1. The monoisotopic (exact) mass is 312 g/mol. The zero-order valence-electron chi connectivity index (χ0n) is 9.73. The van der Waals surface area contributed by atoms with Crippen LogP contribution in [0.5, 0.6) is 0 Å². The van der Waals surface area contributed by atoms with E-state index in [0.29, 0.717) is 37.8 Å². The van der Waals surface area contributed by atoms with E-state index in [1.165, 1.54) is 10.8 Å². The van der Waals surface area contributed by atoms with Crippen LogP contribution in [0.2, 0.25) is 15.2 Å². The minimum absolute atomic E-state index is 0.384. The molecule has 0 atom stereocenters. The summed E-state index contributed by atoms with van der Waals surface area (Å²) in [6, 6.07) is 5.28. The molecule has 2 aromatic heterocycles. The largest absolute Gasteiger partial charge is 0.253 e. The van der Waals surface area contributed by atoms with E-state index in [0.717, 1.165) is 0 Å². The van der Waals surface area contributed by atoms with Crippen molar-refractivity contribution >= 4 is 40.6 Å². The van der Waals surface area contributed by atoms with Crippen molar-refractivity contribution in [3.05, 3.63) is 45.4 Å². The van der Waals surface area contributed by atoms with Gasteiger partial charge in [0.2, 0.25) is 0 Å². The van der Waals surface area contributed by atoms with Gasteiger partial charge in [-0.1, -0.05) is 40.9 Å². The Morgan fingerprint density at radius 1 is 1.05 bits per heavy atom. The molecule has 2 heterocycles. The molecule has 0 amide bonds. The summed E-state index contributed by atoms with van der Waals surface area (Å²) in [5, 5.41) is 5.44. The molecule has 1 aromatic carbocycles. The summed E-state index contributed by atoms with van der Waals surface area (Å²) in [5.41, 5.74) is 2.01. The van der Waals surface area contributed by atoms with Gasteiger partial charge in [0.15, 0.2) is 0 Å². The zero-order valence-corrected chi connectivity index (χ0v) is 12.0. The lowest BCUT2D eigenvalue weighted by Crippen LogP contribution is -2.00. The van der Waals surface area contributed by atoms with E-state index in [1.807, 2.05) is 6.92 Å². The molecular weight excluding hydrogens is 307 g/mol. The Morgan fingerprint density at radius 2 is 1.74 bits per heavy atom. The van der Waals surface area contributed by atoms with E-state index in [9.17, 15) is 0 Å². The normalized spacial score (nSPS) is 11.2. The molecule has 7 heteroatoms. The van der Waals surface area contributed by atoms with Crippen molar-refractivity contribution in [1.82, 2.24) is 19.6 Å². The first-order valence-corrected chi connectivity index (χ1v) is 6.53. The van der Waals surface area contributed by atoms with Crippen LogP contribution in [0.3, 0.4) is 0 Å². The molecule has 0 unspecified atom stereocenters. The van der Waals surface area contributed by atoms with E-state index in [2.05, 4.69) is 15.1 Å². The maximum Gasteiger partial charge on any atom is 0.253 e. The number of hydrogen-bond acceptors (Lipinski definition) is 3. The van der Waals surface area contributed by atoms with Gasteiger partial charge in [-0.3, -0.25) is 0 Å². The number of halogens is 3. The minimum Gasteiger partial charge on any atom is -0.216 e. The van der Waals surface area contributed by atoms with Gasteiger partial charge in [-0.05, 0) is 19.1 Å². The molecule has 0 fully saturated rings. The molecule has 0 bridgehead atoms. The highest BCUT2D eigenvalue weighted by Crippen LogP contribution is 2.39. The number of hydrogen-bond donors (Lipinski definition) is 0. The van der Waals surface area contributed by atoms with E-state index >= 15 is 0 Å². The van der Waals surface area contributed by atoms with E-state index in [4.69, 9.17) is 34.8 Å². The predicted molar refractivity (Wildman–Crippen MR) is 76.0 cm³/mol. The van der Waals surface area contributed by atoms with Gasteiger partial charge in [-0.25, -0.2) is 4.98 Å². The molecule has 0 spiro atoms.